The summed E-state index contributed by atoms with van der Waals surface area (Å²) in [4.78, 5) is 4.14. The van der Waals surface area contributed by atoms with Crippen molar-refractivity contribution in [2.75, 3.05) is 0 Å². The van der Waals surface area contributed by atoms with Crippen LogP contribution in [0.1, 0.15) is 5.56 Å². The van der Waals surface area contributed by atoms with Gasteiger partial charge in [-0.2, -0.15) is 0 Å². The molecule has 2 nitrogen and oxygen atoms in total. The normalized spacial score (nSPS) is 10.6. The highest BCUT2D eigenvalue weighted by Crippen LogP contribution is 2.23. The van der Waals surface area contributed by atoms with Crippen molar-refractivity contribution in [1.82, 2.24) is 4.98 Å². The molecule has 0 unspecified atom stereocenters. The van der Waals surface area contributed by atoms with Gasteiger partial charge in [0.1, 0.15) is 0 Å². The molecule has 1 heterocycles. The summed E-state index contributed by atoms with van der Waals surface area (Å²) in [5.41, 5.74) is 1.59. The summed E-state index contributed by atoms with van der Waals surface area (Å²) in [7, 11) is 0. The minimum atomic E-state index is 0.00452. The SMILES string of the molecule is OCc1cc(Cl)c2ncccc2c1. The molecule has 2 aromatic rings. The van der Waals surface area contributed by atoms with Gasteiger partial charge in [0.25, 0.3) is 0 Å². The molecule has 1 aromatic carbocycles. The van der Waals surface area contributed by atoms with Crippen LogP contribution in [-0.4, -0.2) is 10.1 Å². The van der Waals surface area contributed by atoms with Gasteiger partial charge < -0.3 is 5.11 Å². The maximum absolute atomic E-state index is 8.94. The van der Waals surface area contributed by atoms with Crippen molar-refractivity contribution in [3.05, 3.63) is 41.0 Å². The third kappa shape index (κ3) is 1.50. The zero-order chi connectivity index (χ0) is 9.26. The van der Waals surface area contributed by atoms with Crippen molar-refractivity contribution in [3.8, 4) is 0 Å². The Bertz CT molecular complexity index is 442. The van der Waals surface area contributed by atoms with E-state index in [9.17, 15) is 0 Å². The Labute approximate surface area is 80.8 Å². The molecule has 2 rings (SSSR count). The van der Waals surface area contributed by atoms with Crippen molar-refractivity contribution in [2.45, 2.75) is 6.61 Å². The standard InChI is InChI=1S/C10H8ClNO/c11-9-5-7(6-13)4-8-2-1-3-12-10(8)9/h1-5,13H,6H2. The summed E-state index contributed by atoms with van der Waals surface area (Å²) < 4.78 is 0. The molecule has 0 saturated heterocycles. The molecule has 0 aliphatic carbocycles. The number of nitrogens with zero attached hydrogens (tertiary/aromatic N) is 1. The van der Waals surface area contributed by atoms with Crippen LogP contribution < -0.4 is 0 Å². The van der Waals surface area contributed by atoms with Crippen LogP contribution in [0.15, 0.2) is 30.5 Å². The fourth-order valence-corrected chi connectivity index (χ4v) is 1.60. The van der Waals surface area contributed by atoms with Crippen molar-refractivity contribution >= 4 is 22.5 Å². The lowest BCUT2D eigenvalue weighted by atomic mass is 10.1. The van der Waals surface area contributed by atoms with E-state index in [1.807, 2.05) is 18.2 Å². The summed E-state index contributed by atoms with van der Waals surface area (Å²) >= 11 is 5.97. The molecule has 0 saturated carbocycles. The Morgan fingerprint density at radius 3 is 3.00 bits per heavy atom. The second-order valence-electron chi connectivity index (χ2n) is 2.81. The molecule has 66 valence electrons. The first-order chi connectivity index (χ1) is 6.31. The van der Waals surface area contributed by atoms with Crippen LogP contribution in [0.3, 0.4) is 0 Å². The molecule has 3 heteroatoms. The predicted molar refractivity (Wildman–Crippen MR) is 52.7 cm³/mol. The van der Waals surface area contributed by atoms with Gasteiger partial charge in [-0.3, -0.25) is 4.98 Å². The van der Waals surface area contributed by atoms with E-state index in [4.69, 9.17) is 16.7 Å². The van der Waals surface area contributed by atoms with E-state index >= 15 is 0 Å². The average Bonchev–Trinajstić information content (AvgIpc) is 2.18. The number of aliphatic hydroxyl groups is 1. The molecule has 0 aliphatic heterocycles. The van der Waals surface area contributed by atoms with Crippen LogP contribution in [0.25, 0.3) is 10.9 Å². The number of aromatic nitrogens is 1. The minimum Gasteiger partial charge on any atom is -0.392 e. The van der Waals surface area contributed by atoms with Gasteiger partial charge in [-0.25, -0.2) is 0 Å². The fourth-order valence-electron chi connectivity index (χ4n) is 1.30. The molecule has 0 aliphatic rings. The van der Waals surface area contributed by atoms with Gasteiger partial charge in [0.05, 0.1) is 17.1 Å². The predicted octanol–water partition coefficient (Wildman–Crippen LogP) is 2.38. The Balaban J connectivity index is 2.77. The highest BCUT2D eigenvalue weighted by molar-refractivity contribution is 6.35. The summed E-state index contributed by atoms with van der Waals surface area (Å²) in [6.45, 7) is 0.00452. The zero-order valence-electron chi connectivity index (χ0n) is 6.87. The lowest BCUT2D eigenvalue weighted by Gasteiger charge is -2.01. The Morgan fingerprint density at radius 1 is 1.38 bits per heavy atom. The third-order valence-electron chi connectivity index (χ3n) is 1.90. The average molecular weight is 194 g/mol. The van der Waals surface area contributed by atoms with Crippen molar-refractivity contribution in [2.24, 2.45) is 0 Å². The number of benzene rings is 1. The zero-order valence-corrected chi connectivity index (χ0v) is 7.62. The Morgan fingerprint density at radius 2 is 2.23 bits per heavy atom. The molecule has 1 N–H and O–H groups in total. The van der Waals surface area contributed by atoms with Gasteiger partial charge in [-0.1, -0.05) is 17.7 Å². The lowest BCUT2D eigenvalue weighted by Crippen LogP contribution is -1.85. The minimum absolute atomic E-state index is 0.00452. The van der Waals surface area contributed by atoms with Gasteiger partial charge in [0.15, 0.2) is 0 Å². The lowest BCUT2D eigenvalue weighted by molar-refractivity contribution is 0.282. The highest BCUT2D eigenvalue weighted by Gasteiger charge is 2.01. The monoisotopic (exact) mass is 193 g/mol. The first-order valence-electron chi connectivity index (χ1n) is 3.95. The number of pyridine rings is 1. The van der Waals surface area contributed by atoms with Gasteiger partial charge >= 0.3 is 0 Å². The maximum atomic E-state index is 8.94. The Kier molecular flexibility index (Phi) is 2.17. The van der Waals surface area contributed by atoms with E-state index in [-0.39, 0.29) is 6.61 Å². The van der Waals surface area contributed by atoms with Gasteiger partial charge in [0.2, 0.25) is 0 Å². The molecule has 0 fully saturated rings. The van der Waals surface area contributed by atoms with Crippen molar-refractivity contribution in [3.63, 3.8) is 0 Å². The fraction of sp³-hybridized carbons (Fsp3) is 0.100. The maximum Gasteiger partial charge on any atom is 0.0888 e. The summed E-state index contributed by atoms with van der Waals surface area (Å²) in [5.74, 6) is 0. The van der Waals surface area contributed by atoms with Crippen LogP contribution >= 0.6 is 11.6 Å². The molecule has 1 aromatic heterocycles. The molecule has 0 atom stereocenters. The first-order valence-corrected chi connectivity index (χ1v) is 4.33. The number of fused-ring (bicyclic) bond motifs is 1. The van der Waals surface area contributed by atoms with Crippen LogP contribution in [0.2, 0.25) is 5.02 Å². The quantitative estimate of drug-likeness (QED) is 0.755. The molecular weight excluding hydrogens is 186 g/mol. The van der Waals surface area contributed by atoms with Crippen LogP contribution in [0.4, 0.5) is 0 Å². The number of hydrogen-bond acceptors (Lipinski definition) is 2. The molecule has 0 radical (unpaired) electrons. The van der Waals surface area contributed by atoms with Gasteiger partial charge in [-0.15, -0.1) is 0 Å². The Hall–Kier alpha value is -1.12. The third-order valence-corrected chi connectivity index (χ3v) is 2.19. The van der Waals surface area contributed by atoms with Crippen LogP contribution in [0.5, 0.6) is 0 Å². The van der Waals surface area contributed by atoms with Crippen LogP contribution in [-0.2, 0) is 6.61 Å². The highest BCUT2D eigenvalue weighted by atomic mass is 35.5. The van der Waals surface area contributed by atoms with Crippen LogP contribution in [0, 0.1) is 0 Å². The molecule has 13 heavy (non-hydrogen) atoms. The van der Waals surface area contributed by atoms with E-state index in [1.54, 1.807) is 12.3 Å². The van der Waals surface area contributed by atoms with E-state index in [0.29, 0.717) is 5.02 Å². The smallest absolute Gasteiger partial charge is 0.0888 e. The molecular formula is C10H8ClNO. The van der Waals surface area contributed by atoms with E-state index in [2.05, 4.69) is 4.98 Å². The largest absolute Gasteiger partial charge is 0.392 e. The first kappa shape index (κ1) is 8.48. The number of hydrogen-bond donors (Lipinski definition) is 1. The molecule has 0 bridgehead atoms. The number of rotatable bonds is 1. The van der Waals surface area contributed by atoms with E-state index < -0.39 is 0 Å². The van der Waals surface area contributed by atoms with Gasteiger partial charge in [-0.05, 0) is 23.8 Å². The van der Waals surface area contributed by atoms with E-state index in [1.165, 1.54) is 0 Å². The topological polar surface area (TPSA) is 33.1 Å². The van der Waals surface area contributed by atoms with E-state index in [0.717, 1.165) is 16.5 Å². The summed E-state index contributed by atoms with van der Waals surface area (Å²) in [6.07, 6.45) is 1.70. The number of halogens is 1. The summed E-state index contributed by atoms with van der Waals surface area (Å²) in [6, 6.07) is 7.39. The second-order valence-corrected chi connectivity index (χ2v) is 3.22. The van der Waals surface area contributed by atoms with Crippen molar-refractivity contribution in [1.29, 1.82) is 0 Å². The second kappa shape index (κ2) is 3.32. The van der Waals surface area contributed by atoms with Crippen molar-refractivity contribution < 1.29 is 5.11 Å². The molecule has 0 spiro atoms. The molecule has 0 amide bonds. The summed E-state index contributed by atoms with van der Waals surface area (Å²) in [5, 5.41) is 10.5. The van der Waals surface area contributed by atoms with Gasteiger partial charge in [0, 0.05) is 11.6 Å². The number of aliphatic hydroxyl groups excluding tert-OH is 1.